The fourth-order valence-electron chi connectivity index (χ4n) is 1.51. The molecule has 0 bridgehead atoms. The van der Waals surface area contributed by atoms with Crippen LogP contribution in [0.2, 0.25) is 0 Å². The van der Waals surface area contributed by atoms with Crippen LogP contribution in [0.15, 0.2) is 18.2 Å². The van der Waals surface area contributed by atoms with Crippen molar-refractivity contribution in [2.75, 3.05) is 5.73 Å². The Kier molecular flexibility index (Phi) is 1.72. The molecule has 2 aromatic rings. The van der Waals surface area contributed by atoms with Gasteiger partial charge in [-0.05, 0) is 31.5 Å². The van der Waals surface area contributed by atoms with Crippen LogP contribution in [-0.2, 0) is 6.54 Å². The van der Waals surface area contributed by atoms with Gasteiger partial charge in [0.1, 0.15) is 5.82 Å². The summed E-state index contributed by atoms with van der Waals surface area (Å²) in [6.07, 6.45) is 0. The van der Waals surface area contributed by atoms with E-state index in [1.165, 1.54) is 5.56 Å². The van der Waals surface area contributed by atoms with Crippen molar-refractivity contribution in [1.82, 2.24) is 9.78 Å². The van der Waals surface area contributed by atoms with E-state index >= 15 is 0 Å². The van der Waals surface area contributed by atoms with Crippen molar-refractivity contribution in [1.29, 1.82) is 0 Å². The molecule has 0 spiro atoms. The van der Waals surface area contributed by atoms with Crippen molar-refractivity contribution in [2.45, 2.75) is 20.4 Å². The molecule has 0 atom stereocenters. The van der Waals surface area contributed by atoms with E-state index in [-0.39, 0.29) is 0 Å². The molecule has 2 rings (SSSR count). The Bertz CT molecular complexity index is 443. The lowest BCUT2D eigenvalue weighted by molar-refractivity contribution is 0.678. The molecule has 0 saturated carbocycles. The molecular weight excluding hydrogens is 162 g/mol. The predicted octanol–water partition coefficient (Wildman–Crippen LogP) is 1.95. The second kappa shape index (κ2) is 2.76. The van der Waals surface area contributed by atoms with E-state index < -0.39 is 0 Å². The number of nitrogens with two attached hydrogens (primary N) is 1. The van der Waals surface area contributed by atoms with E-state index in [4.69, 9.17) is 5.73 Å². The summed E-state index contributed by atoms with van der Waals surface area (Å²) in [5, 5.41) is 5.43. The van der Waals surface area contributed by atoms with Gasteiger partial charge in [-0.15, -0.1) is 0 Å². The number of anilines is 1. The smallest absolute Gasteiger partial charge is 0.129 e. The molecule has 1 heterocycles. The minimum atomic E-state index is 0.762. The normalized spacial score (nSPS) is 10.9. The SMILES string of the molecule is CCn1nc2cc(C)ccc2c1N. The minimum Gasteiger partial charge on any atom is -0.383 e. The second-order valence-corrected chi connectivity index (χ2v) is 3.22. The zero-order valence-electron chi connectivity index (χ0n) is 7.91. The van der Waals surface area contributed by atoms with Gasteiger partial charge in [-0.25, -0.2) is 4.68 Å². The highest BCUT2D eigenvalue weighted by atomic mass is 15.3. The molecule has 0 unspecified atom stereocenters. The molecule has 1 aromatic carbocycles. The van der Waals surface area contributed by atoms with Crippen molar-refractivity contribution >= 4 is 16.7 Å². The molecule has 0 aliphatic rings. The van der Waals surface area contributed by atoms with Crippen LogP contribution in [0.5, 0.6) is 0 Å². The first kappa shape index (κ1) is 8.10. The maximum atomic E-state index is 5.90. The number of nitrogens with zero attached hydrogens (tertiary/aromatic N) is 2. The van der Waals surface area contributed by atoms with Crippen LogP contribution in [-0.4, -0.2) is 9.78 Å². The fourth-order valence-corrected chi connectivity index (χ4v) is 1.51. The van der Waals surface area contributed by atoms with Crippen LogP contribution in [0, 0.1) is 6.92 Å². The summed E-state index contributed by atoms with van der Waals surface area (Å²) >= 11 is 0. The quantitative estimate of drug-likeness (QED) is 0.719. The number of hydrogen-bond acceptors (Lipinski definition) is 2. The second-order valence-electron chi connectivity index (χ2n) is 3.22. The Hall–Kier alpha value is -1.51. The Balaban J connectivity index is 2.76. The van der Waals surface area contributed by atoms with E-state index in [1.54, 1.807) is 0 Å². The van der Waals surface area contributed by atoms with Gasteiger partial charge in [0.15, 0.2) is 0 Å². The lowest BCUT2D eigenvalue weighted by Crippen LogP contribution is -2.01. The molecule has 0 saturated heterocycles. The van der Waals surface area contributed by atoms with Gasteiger partial charge >= 0.3 is 0 Å². The van der Waals surface area contributed by atoms with Crippen molar-refractivity contribution in [3.63, 3.8) is 0 Å². The third-order valence-electron chi connectivity index (χ3n) is 2.24. The summed E-state index contributed by atoms with van der Waals surface area (Å²) in [4.78, 5) is 0. The first-order chi connectivity index (χ1) is 6.22. The number of aryl methyl sites for hydroxylation is 2. The van der Waals surface area contributed by atoms with E-state index in [1.807, 2.05) is 17.7 Å². The zero-order chi connectivity index (χ0) is 9.42. The summed E-state index contributed by atoms with van der Waals surface area (Å²) in [5.74, 6) is 0.762. The van der Waals surface area contributed by atoms with Crippen molar-refractivity contribution in [3.8, 4) is 0 Å². The van der Waals surface area contributed by atoms with Gasteiger partial charge in [0, 0.05) is 11.9 Å². The van der Waals surface area contributed by atoms with E-state index in [9.17, 15) is 0 Å². The number of fused-ring (bicyclic) bond motifs is 1. The molecule has 3 nitrogen and oxygen atoms in total. The van der Waals surface area contributed by atoms with Crippen LogP contribution in [0.25, 0.3) is 10.9 Å². The van der Waals surface area contributed by atoms with Gasteiger partial charge in [-0.2, -0.15) is 5.10 Å². The Morgan fingerprint density at radius 3 is 2.92 bits per heavy atom. The molecular formula is C10H13N3. The van der Waals surface area contributed by atoms with Crippen molar-refractivity contribution < 1.29 is 0 Å². The summed E-state index contributed by atoms with van der Waals surface area (Å²) in [6, 6.07) is 6.14. The van der Waals surface area contributed by atoms with Gasteiger partial charge in [0.2, 0.25) is 0 Å². The highest BCUT2D eigenvalue weighted by Gasteiger charge is 2.05. The van der Waals surface area contributed by atoms with Crippen LogP contribution in [0.1, 0.15) is 12.5 Å². The number of aromatic nitrogens is 2. The third-order valence-corrected chi connectivity index (χ3v) is 2.24. The van der Waals surface area contributed by atoms with Crippen LogP contribution in [0.4, 0.5) is 5.82 Å². The molecule has 1 aromatic heterocycles. The zero-order valence-corrected chi connectivity index (χ0v) is 7.91. The van der Waals surface area contributed by atoms with E-state index in [0.717, 1.165) is 23.3 Å². The summed E-state index contributed by atoms with van der Waals surface area (Å²) in [7, 11) is 0. The number of nitrogen functional groups attached to an aromatic ring is 1. The van der Waals surface area contributed by atoms with E-state index in [2.05, 4.69) is 24.2 Å². The largest absolute Gasteiger partial charge is 0.383 e. The molecule has 68 valence electrons. The molecule has 0 aliphatic heterocycles. The van der Waals surface area contributed by atoms with Gasteiger partial charge in [-0.1, -0.05) is 6.07 Å². The monoisotopic (exact) mass is 175 g/mol. The fraction of sp³-hybridized carbons (Fsp3) is 0.300. The standard InChI is InChI=1S/C10H13N3/c1-3-13-10(11)8-5-4-7(2)6-9(8)12-13/h4-6H,3,11H2,1-2H3. The number of hydrogen-bond donors (Lipinski definition) is 1. The topological polar surface area (TPSA) is 43.8 Å². The Morgan fingerprint density at radius 1 is 1.46 bits per heavy atom. The predicted molar refractivity (Wildman–Crippen MR) is 54.6 cm³/mol. The molecule has 0 amide bonds. The Labute approximate surface area is 77.2 Å². The molecule has 0 aliphatic carbocycles. The maximum absolute atomic E-state index is 5.90. The lowest BCUT2D eigenvalue weighted by atomic mass is 10.2. The average molecular weight is 175 g/mol. The summed E-state index contributed by atoms with van der Waals surface area (Å²) in [5.41, 5.74) is 8.10. The highest BCUT2D eigenvalue weighted by molar-refractivity contribution is 5.89. The van der Waals surface area contributed by atoms with Crippen molar-refractivity contribution in [3.05, 3.63) is 23.8 Å². The third kappa shape index (κ3) is 1.16. The van der Waals surface area contributed by atoms with Gasteiger partial charge in [0.25, 0.3) is 0 Å². The number of benzene rings is 1. The van der Waals surface area contributed by atoms with Crippen LogP contribution < -0.4 is 5.73 Å². The molecule has 0 fully saturated rings. The maximum Gasteiger partial charge on any atom is 0.129 e. The molecule has 3 heteroatoms. The van der Waals surface area contributed by atoms with Crippen molar-refractivity contribution in [2.24, 2.45) is 0 Å². The van der Waals surface area contributed by atoms with Crippen LogP contribution >= 0.6 is 0 Å². The molecule has 2 N–H and O–H groups in total. The minimum absolute atomic E-state index is 0.762. The van der Waals surface area contributed by atoms with E-state index in [0.29, 0.717) is 0 Å². The number of rotatable bonds is 1. The first-order valence-electron chi connectivity index (χ1n) is 4.45. The van der Waals surface area contributed by atoms with Gasteiger partial charge in [0.05, 0.1) is 5.52 Å². The summed E-state index contributed by atoms with van der Waals surface area (Å²) in [6.45, 7) is 4.91. The Morgan fingerprint density at radius 2 is 2.23 bits per heavy atom. The average Bonchev–Trinajstić information content (AvgIpc) is 2.42. The summed E-state index contributed by atoms with van der Waals surface area (Å²) < 4.78 is 1.82. The van der Waals surface area contributed by atoms with Gasteiger partial charge in [-0.3, -0.25) is 0 Å². The van der Waals surface area contributed by atoms with Crippen LogP contribution in [0.3, 0.4) is 0 Å². The molecule has 0 radical (unpaired) electrons. The highest BCUT2D eigenvalue weighted by Crippen LogP contribution is 2.21. The molecule has 13 heavy (non-hydrogen) atoms. The lowest BCUT2D eigenvalue weighted by Gasteiger charge is -1.96. The van der Waals surface area contributed by atoms with Gasteiger partial charge < -0.3 is 5.73 Å². The first-order valence-corrected chi connectivity index (χ1v) is 4.45.